The van der Waals surface area contributed by atoms with E-state index in [4.69, 9.17) is 15.0 Å². The number of carbonyl (C=O) groups excluding carboxylic acids is 1. The standard InChI is InChI=1S/C22H25N7O3S2/c1-3-11-28(13-18-24-26-21(32-18)17-6-5-12-33-17)19(30)14-34-22-27-25-20(29(22)23)15-7-9-16(10-8-15)31-4-2/h5-10,12H,3-4,11,13-14,23H2,1-2H3. The van der Waals surface area contributed by atoms with Crippen LogP contribution in [0, 0.1) is 0 Å². The third-order valence-electron chi connectivity index (χ3n) is 4.78. The topological polar surface area (TPSA) is 125 Å². The van der Waals surface area contributed by atoms with Gasteiger partial charge in [-0.1, -0.05) is 24.8 Å². The third kappa shape index (κ3) is 5.57. The van der Waals surface area contributed by atoms with Crippen LogP contribution in [0.5, 0.6) is 5.75 Å². The van der Waals surface area contributed by atoms with Crippen molar-refractivity contribution in [2.24, 2.45) is 0 Å². The smallest absolute Gasteiger partial charge is 0.257 e. The highest BCUT2D eigenvalue weighted by molar-refractivity contribution is 7.99. The van der Waals surface area contributed by atoms with Crippen molar-refractivity contribution in [2.75, 3.05) is 24.7 Å². The van der Waals surface area contributed by atoms with Gasteiger partial charge in [0.05, 0.1) is 23.8 Å². The van der Waals surface area contributed by atoms with E-state index in [2.05, 4.69) is 20.4 Å². The Kier molecular flexibility index (Phi) is 7.80. The molecule has 0 aliphatic carbocycles. The highest BCUT2D eigenvalue weighted by atomic mass is 32.2. The number of carbonyl (C=O) groups is 1. The number of nitrogen functional groups attached to an aromatic ring is 1. The van der Waals surface area contributed by atoms with Gasteiger partial charge in [-0.25, -0.2) is 4.68 Å². The number of nitrogens with two attached hydrogens (primary N) is 1. The van der Waals surface area contributed by atoms with Crippen LogP contribution in [0.2, 0.25) is 0 Å². The molecule has 178 valence electrons. The molecule has 0 unspecified atom stereocenters. The molecule has 0 bridgehead atoms. The SMILES string of the molecule is CCCN(Cc1nnc(-c2cccs2)o1)C(=O)CSc1nnc(-c2ccc(OCC)cc2)n1N. The molecule has 4 rings (SSSR count). The Morgan fingerprint density at radius 1 is 1.18 bits per heavy atom. The van der Waals surface area contributed by atoms with Crippen LogP contribution in [0.1, 0.15) is 26.2 Å². The van der Waals surface area contributed by atoms with Gasteiger partial charge in [0.1, 0.15) is 5.75 Å². The maximum Gasteiger partial charge on any atom is 0.257 e. The summed E-state index contributed by atoms with van der Waals surface area (Å²) in [6.45, 7) is 5.36. The number of amides is 1. The molecule has 0 spiro atoms. The normalized spacial score (nSPS) is 11.0. The van der Waals surface area contributed by atoms with Crippen molar-refractivity contribution in [3.8, 4) is 27.9 Å². The summed E-state index contributed by atoms with van der Waals surface area (Å²) in [5.41, 5.74) is 0.808. The summed E-state index contributed by atoms with van der Waals surface area (Å²) in [4.78, 5) is 15.5. The van der Waals surface area contributed by atoms with Crippen LogP contribution in [0.3, 0.4) is 0 Å². The lowest BCUT2D eigenvalue weighted by Gasteiger charge is -2.19. The molecule has 0 fully saturated rings. The van der Waals surface area contributed by atoms with Crippen LogP contribution in [-0.2, 0) is 11.3 Å². The molecule has 0 radical (unpaired) electrons. The predicted octanol–water partition coefficient (Wildman–Crippen LogP) is 3.70. The average molecular weight is 500 g/mol. The molecule has 0 aliphatic rings. The van der Waals surface area contributed by atoms with Crippen molar-refractivity contribution in [1.82, 2.24) is 30.0 Å². The minimum Gasteiger partial charge on any atom is -0.494 e. The van der Waals surface area contributed by atoms with Crippen LogP contribution < -0.4 is 10.6 Å². The molecule has 4 aromatic rings. The van der Waals surface area contributed by atoms with Crippen molar-refractivity contribution >= 4 is 29.0 Å². The molecular formula is C22H25N7O3S2. The minimum absolute atomic E-state index is 0.0756. The number of thiophene rings is 1. The Hall–Kier alpha value is -3.38. The summed E-state index contributed by atoms with van der Waals surface area (Å²) in [5.74, 6) is 8.43. The van der Waals surface area contributed by atoms with Gasteiger partial charge in [-0.2, -0.15) is 0 Å². The first kappa shape index (κ1) is 23.8. The minimum atomic E-state index is -0.0756. The van der Waals surface area contributed by atoms with E-state index in [-0.39, 0.29) is 18.2 Å². The number of nitrogens with zero attached hydrogens (tertiary/aromatic N) is 6. The lowest BCUT2D eigenvalue weighted by atomic mass is 10.2. The van der Waals surface area contributed by atoms with E-state index in [1.807, 2.05) is 55.6 Å². The molecule has 34 heavy (non-hydrogen) atoms. The second kappa shape index (κ2) is 11.2. The van der Waals surface area contributed by atoms with E-state index in [1.165, 1.54) is 27.8 Å². The molecule has 0 aliphatic heterocycles. The summed E-state index contributed by atoms with van der Waals surface area (Å²) in [5, 5.41) is 18.9. The molecule has 10 nitrogen and oxygen atoms in total. The molecule has 0 saturated heterocycles. The van der Waals surface area contributed by atoms with E-state index in [0.29, 0.717) is 35.9 Å². The van der Waals surface area contributed by atoms with Gasteiger partial charge in [-0.05, 0) is 49.1 Å². The summed E-state index contributed by atoms with van der Waals surface area (Å²) in [7, 11) is 0. The van der Waals surface area contributed by atoms with E-state index in [9.17, 15) is 4.79 Å². The molecule has 1 amide bonds. The summed E-state index contributed by atoms with van der Waals surface area (Å²) < 4.78 is 12.6. The Bertz CT molecular complexity index is 1210. The zero-order valence-electron chi connectivity index (χ0n) is 18.9. The second-order valence-corrected chi connectivity index (χ2v) is 9.11. The van der Waals surface area contributed by atoms with Gasteiger partial charge in [-0.3, -0.25) is 4.79 Å². The van der Waals surface area contributed by atoms with Gasteiger partial charge >= 0.3 is 0 Å². The third-order valence-corrected chi connectivity index (χ3v) is 6.57. The fraction of sp³-hybridized carbons (Fsp3) is 0.318. The lowest BCUT2D eigenvalue weighted by molar-refractivity contribution is -0.129. The molecule has 2 N–H and O–H groups in total. The number of aromatic nitrogens is 5. The summed E-state index contributed by atoms with van der Waals surface area (Å²) in [6.07, 6.45) is 0.803. The molecule has 0 atom stereocenters. The monoisotopic (exact) mass is 499 g/mol. The van der Waals surface area contributed by atoms with Crippen molar-refractivity contribution in [2.45, 2.75) is 32.0 Å². The van der Waals surface area contributed by atoms with Gasteiger partial charge in [0.25, 0.3) is 5.89 Å². The van der Waals surface area contributed by atoms with Crippen molar-refractivity contribution < 1.29 is 13.9 Å². The van der Waals surface area contributed by atoms with Gasteiger partial charge in [-0.15, -0.1) is 31.7 Å². The molecule has 12 heteroatoms. The lowest BCUT2D eigenvalue weighted by Crippen LogP contribution is -2.33. The van der Waals surface area contributed by atoms with Crippen molar-refractivity contribution in [3.05, 3.63) is 47.7 Å². The zero-order valence-corrected chi connectivity index (χ0v) is 20.5. The van der Waals surface area contributed by atoms with Crippen LogP contribution >= 0.6 is 23.1 Å². The fourth-order valence-electron chi connectivity index (χ4n) is 3.20. The molecular weight excluding hydrogens is 474 g/mol. The molecule has 3 heterocycles. The first-order chi connectivity index (χ1) is 16.6. The molecule has 0 saturated carbocycles. The van der Waals surface area contributed by atoms with Crippen molar-refractivity contribution in [1.29, 1.82) is 0 Å². The first-order valence-electron chi connectivity index (χ1n) is 10.8. The molecule has 3 aromatic heterocycles. The summed E-state index contributed by atoms with van der Waals surface area (Å²) in [6, 6.07) is 11.3. The van der Waals surface area contributed by atoms with E-state index >= 15 is 0 Å². The predicted molar refractivity (Wildman–Crippen MR) is 131 cm³/mol. The highest BCUT2D eigenvalue weighted by Gasteiger charge is 2.20. The number of hydrogen-bond acceptors (Lipinski definition) is 10. The van der Waals surface area contributed by atoms with Gasteiger partial charge in [0, 0.05) is 12.1 Å². The second-order valence-electron chi connectivity index (χ2n) is 7.22. The Labute approximate surface area is 205 Å². The Morgan fingerprint density at radius 2 is 2.00 bits per heavy atom. The van der Waals surface area contributed by atoms with Crippen LogP contribution in [0.4, 0.5) is 0 Å². The highest BCUT2D eigenvalue weighted by Crippen LogP contribution is 2.25. The molecule has 1 aromatic carbocycles. The maximum atomic E-state index is 12.9. The van der Waals surface area contributed by atoms with Crippen LogP contribution in [0.25, 0.3) is 22.2 Å². The zero-order chi connectivity index (χ0) is 23.9. The number of benzene rings is 1. The van der Waals surface area contributed by atoms with E-state index < -0.39 is 0 Å². The number of rotatable bonds is 11. The van der Waals surface area contributed by atoms with Crippen LogP contribution in [0.15, 0.2) is 51.4 Å². The maximum absolute atomic E-state index is 12.9. The first-order valence-corrected chi connectivity index (χ1v) is 12.7. The van der Waals surface area contributed by atoms with E-state index in [0.717, 1.165) is 22.6 Å². The Balaban J connectivity index is 1.38. The largest absolute Gasteiger partial charge is 0.494 e. The number of thioether (sulfide) groups is 1. The van der Waals surface area contributed by atoms with E-state index in [1.54, 1.807) is 4.90 Å². The fourth-order valence-corrected chi connectivity index (χ4v) is 4.60. The van der Waals surface area contributed by atoms with Gasteiger partial charge in [0.2, 0.25) is 17.0 Å². The van der Waals surface area contributed by atoms with Gasteiger partial charge in [0.15, 0.2) is 5.82 Å². The summed E-state index contributed by atoms with van der Waals surface area (Å²) >= 11 is 2.75. The number of ether oxygens (including phenoxy) is 1. The van der Waals surface area contributed by atoms with Crippen LogP contribution in [-0.4, -0.2) is 54.8 Å². The number of hydrogen-bond donors (Lipinski definition) is 1. The average Bonchev–Trinajstić information content (AvgIpc) is 3.60. The van der Waals surface area contributed by atoms with Gasteiger partial charge < -0.3 is 19.9 Å². The Morgan fingerprint density at radius 3 is 2.71 bits per heavy atom. The van der Waals surface area contributed by atoms with Crippen molar-refractivity contribution in [3.63, 3.8) is 0 Å². The quantitative estimate of drug-likeness (QED) is 0.243.